The zero-order valence-corrected chi connectivity index (χ0v) is 13.4. The quantitative estimate of drug-likeness (QED) is 0.655. The molecule has 2 heterocycles. The Hall–Kier alpha value is -1.61. The molecule has 0 amide bonds. The Bertz CT molecular complexity index is 832. The van der Waals surface area contributed by atoms with E-state index in [2.05, 4.69) is 10.1 Å². The highest BCUT2D eigenvalue weighted by Crippen LogP contribution is 2.34. The van der Waals surface area contributed by atoms with Gasteiger partial charge in [-0.3, -0.25) is 0 Å². The molecule has 122 valence electrons. The molecule has 0 bridgehead atoms. The third-order valence-electron chi connectivity index (χ3n) is 2.81. The summed E-state index contributed by atoms with van der Waals surface area (Å²) in [5.41, 5.74) is 0.110. The van der Waals surface area contributed by atoms with Crippen molar-refractivity contribution in [2.75, 3.05) is 0 Å². The molecule has 3 rings (SSSR count). The monoisotopic (exact) mass is 381 g/mol. The van der Waals surface area contributed by atoms with Crippen molar-refractivity contribution in [1.82, 2.24) is 14.8 Å². The molecule has 0 atom stereocenters. The normalized spacial score (nSPS) is 11.3. The van der Waals surface area contributed by atoms with Gasteiger partial charge in [0.15, 0.2) is 5.69 Å². The zero-order chi connectivity index (χ0) is 15.9. The largest absolute Gasteiger partial charge is 0.433 e. The van der Waals surface area contributed by atoms with Crippen LogP contribution < -0.4 is 0 Å². The second-order valence-corrected chi connectivity index (χ2v) is 5.95. The molecule has 0 saturated heterocycles. The van der Waals surface area contributed by atoms with Crippen LogP contribution in [0, 0.1) is 0 Å². The molecule has 4 nitrogen and oxygen atoms in total. The van der Waals surface area contributed by atoms with Crippen LogP contribution in [0.25, 0.3) is 16.4 Å². The van der Waals surface area contributed by atoms with E-state index in [4.69, 9.17) is 23.2 Å². The molecule has 23 heavy (non-hydrogen) atoms. The van der Waals surface area contributed by atoms with E-state index in [1.54, 1.807) is 23.6 Å². The predicted octanol–water partition coefficient (Wildman–Crippen LogP) is 4.50. The molecule has 2 N–H and O–H groups in total. The summed E-state index contributed by atoms with van der Waals surface area (Å²) < 4.78 is 39.4. The lowest BCUT2D eigenvalue weighted by molar-refractivity contribution is -0.142. The molecule has 3 aromatic rings. The van der Waals surface area contributed by atoms with Gasteiger partial charge in [-0.05, 0) is 24.3 Å². The van der Waals surface area contributed by atoms with Gasteiger partial charge in [0.2, 0.25) is 5.13 Å². The smallest absolute Gasteiger partial charge is 0.412 e. The first-order valence-corrected chi connectivity index (χ1v) is 7.52. The van der Waals surface area contributed by atoms with Crippen LogP contribution in [0.15, 0.2) is 35.8 Å². The fraction of sp³-hybridized carbons (Fsp3) is 0.0769. The number of hydrogen-bond acceptors (Lipinski definition) is 3. The number of rotatable bonds is 2. The first kappa shape index (κ1) is 17.7. The standard InChI is InChI=1S/C13H6Cl2F3N3S.H2O/c14-7-1-2-9(15)8(5-7)10-6-22-12(20-10)21-11(3-4-19-21)13(16,17)18;/h1-6H;1H2. The minimum absolute atomic E-state index is 0. The number of thiazole rings is 1. The maximum atomic E-state index is 12.9. The lowest BCUT2D eigenvalue weighted by atomic mass is 10.2. The second-order valence-electron chi connectivity index (χ2n) is 4.27. The highest BCUT2D eigenvalue weighted by molar-refractivity contribution is 7.12. The van der Waals surface area contributed by atoms with Gasteiger partial charge < -0.3 is 5.48 Å². The Morgan fingerprint density at radius 3 is 2.57 bits per heavy atom. The van der Waals surface area contributed by atoms with Crippen LogP contribution >= 0.6 is 34.5 Å². The number of alkyl halides is 3. The Kier molecular flexibility index (Phi) is 5.00. The molecule has 0 saturated carbocycles. The maximum absolute atomic E-state index is 12.9. The highest BCUT2D eigenvalue weighted by atomic mass is 35.5. The van der Waals surface area contributed by atoms with Crippen molar-refractivity contribution in [2.45, 2.75) is 6.18 Å². The molecule has 2 aromatic heterocycles. The van der Waals surface area contributed by atoms with Gasteiger partial charge in [-0.1, -0.05) is 23.2 Å². The third-order valence-corrected chi connectivity index (χ3v) is 4.19. The van der Waals surface area contributed by atoms with Crippen LogP contribution in [0.3, 0.4) is 0 Å². The summed E-state index contributed by atoms with van der Waals surface area (Å²) >= 11 is 13.0. The average molecular weight is 382 g/mol. The third kappa shape index (κ3) is 3.50. The molecular formula is C13H8Cl2F3N3OS. The van der Waals surface area contributed by atoms with Gasteiger partial charge in [0.05, 0.1) is 16.9 Å². The van der Waals surface area contributed by atoms with Crippen LogP contribution in [0.1, 0.15) is 5.69 Å². The summed E-state index contributed by atoms with van der Waals surface area (Å²) in [7, 11) is 0. The van der Waals surface area contributed by atoms with Crippen molar-refractivity contribution in [1.29, 1.82) is 0 Å². The molecule has 0 aliphatic rings. The predicted molar refractivity (Wildman–Crippen MR) is 83.3 cm³/mol. The van der Waals surface area contributed by atoms with Gasteiger partial charge in [0.1, 0.15) is 0 Å². The van der Waals surface area contributed by atoms with E-state index in [1.807, 2.05) is 0 Å². The van der Waals surface area contributed by atoms with Crippen LogP contribution in [-0.2, 0) is 6.18 Å². The van der Waals surface area contributed by atoms with E-state index in [1.165, 1.54) is 0 Å². The minimum Gasteiger partial charge on any atom is -0.412 e. The van der Waals surface area contributed by atoms with E-state index >= 15 is 0 Å². The first-order chi connectivity index (χ1) is 10.4. The molecule has 0 aliphatic carbocycles. The summed E-state index contributed by atoms with van der Waals surface area (Å²) in [6.45, 7) is 0. The lowest BCUT2D eigenvalue weighted by Crippen LogP contribution is -2.13. The molecule has 1 aromatic carbocycles. The maximum Gasteiger partial charge on any atom is 0.433 e. The van der Waals surface area contributed by atoms with E-state index in [9.17, 15) is 13.2 Å². The van der Waals surface area contributed by atoms with Crippen molar-refractivity contribution < 1.29 is 18.6 Å². The number of hydrogen-bond donors (Lipinski definition) is 0. The Balaban J connectivity index is 0.00000192. The van der Waals surface area contributed by atoms with Crippen molar-refractivity contribution in [2.24, 2.45) is 0 Å². The number of halogens is 5. The molecule has 0 unspecified atom stereocenters. The molecule has 0 radical (unpaired) electrons. The lowest BCUT2D eigenvalue weighted by Gasteiger charge is -2.07. The van der Waals surface area contributed by atoms with Crippen LogP contribution in [0.2, 0.25) is 10.0 Å². The zero-order valence-electron chi connectivity index (χ0n) is 11.1. The Morgan fingerprint density at radius 2 is 1.87 bits per heavy atom. The summed E-state index contributed by atoms with van der Waals surface area (Å²) in [6.07, 6.45) is -3.42. The molecule has 0 spiro atoms. The molecule has 0 aliphatic heterocycles. The van der Waals surface area contributed by atoms with Crippen molar-refractivity contribution >= 4 is 34.5 Å². The fourth-order valence-corrected chi connectivity index (χ4v) is 3.03. The Morgan fingerprint density at radius 1 is 1.13 bits per heavy atom. The summed E-state index contributed by atoms with van der Waals surface area (Å²) in [5, 5.41) is 6.27. The van der Waals surface area contributed by atoms with E-state index in [0.29, 0.717) is 21.3 Å². The Labute approximate surface area is 142 Å². The van der Waals surface area contributed by atoms with Crippen LogP contribution in [0.4, 0.5) is 13.2 Å². The fourth-order valence-electron chi connectivity index (χ4n) is 1.85. The van der Waals surface area contributed by atoms with Crippen molar-refractivity contribution in [3.05, 3.63) is 51.6 Å². The van der Waals surface area contributed by atoms with Gasteiger partial charge >= 0.3 is 6.18 Å². The average Bonchev–Trinajstić information content (AvgIpc) is 3.07. The van der Waals surface area contributed by atoms with Crippen LogP contribution in [0.5, 0.6) is 0 Å². The van der Waals surface area contributed by atoms with Crippen molar-refractivity contribution in [3.8, 4) is 16.4 Å². The van der Waals surface area contributed by atoms with Gasteiger partial charge in [0.25, 0.3) is 0 Å². The van der Waals surface area contributed by atoms with E-state index in [0.717, 1.165) is 28.3 Å². The summed E-state index contributed by atoms with van der Waals surface area (Å²) in [5.74, 6) is 0. The van der Waals surface area contributed by atoms with E-state index in [-0.39, 0.29) is 10.6 Å². The van der Waals surface area contributed by atoms with Gasteiger partial charge in [0, 0.05) is 16.0 Å². The van der Waals surface area contributed by atoms with Gasteiger partial charge in [-0.2, -0.15) is 18.3 Å². The van der Waals surface area contributed by atoms with Crippen molar-refractivity contribution in [3.63, 3.8) is 0 Å². The summed E-state index contributed by atoms with van der Waals surface area (Å²) in [4.78, 5) is 4.17. The first-order valence-electron chi connectivity index (χ1n) is 5.89. The van der Waals surface area contributed by atoms with Crippen LogP contribution in [-0.4, -0.2) is 20.2 Å². The highest BCUT2D eigenvalue weighted by Gasteiger charge is 2.35. The SMILES string of the molecule is FC(F)(F)c1ccnn1-c1nc(-c2cc(Cl)ccc2Cl)cs1.O. The second kappa shape index (κ2) is 6.48. The van der Waals surface area contributed by atoms with Gasteiger partial charge in [-0.15, -0.1) is 11.3 Å². The molecule has 10 heteroatoms. The molecular weight excluding hydrogens is 374 g/mol. The van der Waals surface area contributed by atoms with E-state index < -0.39 is 11.9 Å². The number of nitrogens with zero attached hydrogens (tertiary/aromatic N) is 3. The number of benzene rings is 1. The van der Waals surface area contributed by atoms with Gasteiger partial charge in [-0.25, -0.2) is 9.67 Å². The topological polar surface area (TPSA) is 62.2 Å². The number of aromatic nitrogens is 3. The minimum atomic E-state index is -4.50. The summed E-state index contributed by atoms with van der Waals surface area (Å²) in [6, 6.07) is 5.73. The molecule has 0 fully saturated rings.